The zero-order valence-electron chi connectivity index (χ0n) is 11.1. The summed E-state index contributed by atoms with van der Waals surface area (Å²) in [6.45, 7) is 0. The van der Waals surface area contributed by atoms with Crippen molar-refractivity contribution in [2.75, 3.05) is 11.5 Å². The first-order chi connectivity index (χ1) is 9.83. The Bertz CT molecular complexity index is 730. The number of halogens is 1. The van der Waals surface area contributed by atoms with E-state index in [1.807, 2.05) is 12.1 Å². The summed E-state index contributed by atoms with van der Waals surface area (Å²) >= 11 is 3.42. The van der Waals surface area contributed by atoms with Crippen LogP contribution >= 0.6 is 15.9 Å². The van der Waals surface area contributed by atoms with Gasteiger partial charge in [0.05, 0.1) is 17.4 Å². The lowest BCUT2D eigenvalue weighted by Gasteiger charge is -2.39. The van der Waals surface area contributed by atoms with Crippen molar-refractivity contribution in [3.8, 4) is 0 Å². The Balaban J connectivity index is 2.13. The molecule has 0 aromatic heterocycles. The fourth-order valence-corrected chi connectivity index (χ4v) is 6.11. The van der Waals surface area contributed by atoms with E-state index in [1.165, 1.54) is 0 Å². The number of hydrogen-bond donors (Lipinski definition) is 1. The van der Waals surface area contributed by atoms with Crippen molar-refractivity contribution < 1.29 is 18.0 Å². The third kappa shape index (κ3) is 2.53. The van der Waals surface area contributed by atoms with Gasteiger partial charge < -0.3 is 0 Å². The average Bonchev–Trinajstić information content (AvgIpc) is 2.66. The summed E-state index contributed by atoms with van der Waals surface area (Å²) in [5.41, 5.74) is -0.0816. The van der Waals surface area contributed by atoms with Crippen molar-refractivity contribution in [1.82, 2.24) is 5.32 Å². The van der Waals surface area contributed by atoms with Crippen molar-refractivity contribution in [3.05, 3.63) is 34.3 Å². The highest BCUT2D eigenvalue weighted by Gasteiger charge is 2.55. The Hall–Kier alpha value is -1.21. The molecule has 1 aromatic carbocycles. The van der Waals surface area contributed by atoms with Gasteiger partial charge in [-0.2, -0.15) is 0 Å². The SMILES string of the molecule is O=C1CC2(CCS(=O)(=O)C2)C(c2ccccc2Br)C(=O)N1. The van der Waals surface area contributed by atoms with Crippen molar-refractivity contribution in [2.45, 2.75) is 18.8 Å². The molecule has 3 rings (SSSR count). The van der Waals surface area contributed by atoms with Crippen LogP contribution in [0.25, 0.3) is 0 Å². The van der Waals surface area contributed by atoms with Crippen LogP contribution in [0, 0.1) is 5.41 Å². The minimum atomic E-state index is -3.20. The Kier molecular flexibility index (Phi) is 3.44. The van der Waals surface area contributed by atoms with Crippen LogP contribution in [0.5, 0.6) is 0 Å². The van der Waals surface area contributed by atoms with Crippen LogP contribution in [-0.4, -0.2) is 31.7 Å². The van der Waals surface area contributed by atoms with Crippen molar-refractivity contribution >= 4 is 37.6 Å². The molecule has 112 valence electrons. The molecule has 2 fully saturated rings. The molecule has 5 nitrogen and oxygen atoms in total. The van der Waals surface area contributed by atoms with Gasteiger partial charge in [0.25, 0.3) is 0 Å². The number of hydrogen-bond acceptors (Lipinski definition) is 4. The first-order valence-corrected chi connectivity index (χ1v) is 9.23. The van der Waals surface area contributed by atoms with E-state index in [-0.39, 0.29) is 23.8 Å². The van der Waals surface area contributed by atoms with Gasteiger partial charge in [-0.15, -0.1) is 0 Å². The molecule has 2 amide bonds. The fraction of sp³-hybridized carbons (Fsp3) is 0.429. The van der Waals surface area contributed by atoms with E-state index in [9.17, 15) is 18.0 Å². The molecular weight excluding hydrogens is 358 g/mol. The maximum atomic E-state index is 12.4. The number of imide groups is 1. The number of amides is 2. The maximum Gasteiger partial charge on any atom is 0.234 e. The van der Waals surface area contributed by atoms with Crippen LogP contribution in [0.4, 0.5) is 0 Å². The number of benzene rings is 1. The lowest BCUT2D eigenvalue weighted by atomic mass is 9.67. The molecule has 1 N–H and O–H groups in total. The molecule has 2 aliphatic rings. The fourth-order valence-electron chi connectivity index (χ4n) is 3.44. The molecule has 1 aromatic rings. The predicted molar refractivity (Wildman–Crippen MR) is 80.4 cm³/mol. The molecule has 0 radical (unpaired) electrons. The quantitative estimate of drug-likeness (QED) is 0.756. The number of nitrogens with one attached hydrogen (secondary N) is 1. The summed E-state index contributed by atoms with van der Waals surface area (Å²) in [5.74, 6) is -1.49. The summed E-state index contributed by atoms with van der Waals surface area (Å²) in [4.78, 5) is 24.2. The summed E-state index contributed by atoms with van der Waals surface area (Å²) in [6, 6.07) is 7.26. The van der Waals surface area contributed by atoms with Gasteiger partial charge in [0, 0.05) is 16.3 Å². The van der Waals surface area contributed by atoms with Crippen LogP contribution < -0.4 is 5.32 Å². The average molecular weight is 372 g/mol. The standard InChI is InChI=1S/C14H14BrNO4S/c15-10-4-2-1-3-9(10)12-13(18)16-11(17)7-14(12)5-6-21(19,20)8-14/h1-4,12H,5-8H2,(H,16,17,18). The van der Waals surface area contributed by atoms with E-state index in [0.29, 0.717) is 6.42 Å². The third-order valence-electron chi connectivity index (χ3n) is 4.28. The number of carbonyl (C=O) groups excluding carboxylic acids is 2. The first-order valence-electron chi connectivity index (χ1n) is 6.62. The first kappa shape index (κ1) is 14.7. The monoisotopic (exact) mass is 371 g/mol. The number of rotatable bonds is 1. The van der Waals surface area contributed by atoms with Crippen molar-refractivity contribution in [3.63, 3.8) is 0 Å². The molecule has 21 heavy (non-hydrogen) atoms. The highest BCUT2D eigenvalue weighted by molar-refractivity contribution is 9.10. The number of carbonyl (C=O) groups is 2. The van der Waals surface area contributed by atoms with Crippen LogP contribution in [0.15, 0.2) is 28.7 Å². The zero-order chi connectivity index (χ0) is 15.3. The van der Waals surface area contributed by atoms with E-state index in [4.69, 9.17) is 0 Å². The highest BCUT2D eigenvalue weighted by atomic mass is 79.9. The highest BCUT2D eigenvalue weighted by Crippen LogP contribution is 2.50. The lowest BCUT2D eigenvalue weighted by molar-refractivity contribution is -0.139. The molecule has 2 unspecified atom stereocenters. The molecule has 2 atom stereocenters. The summed E-state index contributed by atoms with van der Waals surface area (Å²) < 4.78 is 24.6. The second-order valence-corrected chi connectivity index (χ2v) is 8.79. The van der Waals surface area contributed by atoms with Gasteiger partial charge in [0.15, 0.2) is 9.84 Å². The van der Waals surface area contributed by atoms with Gasteiger partial charge >= 0.3 is 0 Å². The zero-order valence-corrected chi connectivity index (χ0v) is 13.5. The van der Waals surface area contributed by atoms with E-state index in [0.717, 1.165) is 10.0 Å². The second kappa shape index (κ2) is 4.91. The normalized spacial score (nSPS) is 31.4. The molecule has 0 bridgehead atoms. The minimum absolute atomic E-state index is 0.0362. The summed E-state index contributed by atoms with van der Waals surface area (Å²) in [7, 11) is -3.20. The van der Waals surface area contributed by atoms with Crippen LogP contribution in [0.1, 0.15) is 24.3 Å². The Morgan fingerprint density at radius 2 is 1.95 bits per heavy atom. The van der Waals surface area contributed by atoms with Gasteiger partial charge in [-0.05, 0) is 18.1 Å². The van der Waals surface area contributed by atoms with Crippen LogP contribution in [0.2, 0.25) is 0 Å². The molecule has 1 spiro atoms. The van der Waals surface area contributed by atoms with E-state index < -0.39 is 27.1 Å². The second-order valence-electron chi connectivity index (χ2n) is 5.75. The smallest absolute Gasteiger partial charge is 0.234 e. The summed E-state index contributed by atoms with van der Waals surface area (Å²) in [6.07, 6.45) is 0.421. The molecular formula is C14H14BrNO4S. The largest absolute Gasteiger partial charge is 0.296 e. The Labute approximate surface area is 131 Å². The minimum Gasteiger partial charge on any atom is -0.296 e. The summed E-state index contributed by atoms with van der Waals surface area (Å²) in [5, 5.41) is 2.34. The predicted octanol–water partition coefficient (Wildman–Crippen LogP) is 1.38. The molecule has 0 aliphatic carbocycles. The molecule has 7 heteroatoms. The third-order valence-corrected chi connectivity index (χ3v) is 6.85. The molecule has 2 aliphatic heterocycles. The van der Waals surface area contributed by atoms with Crippen LogP contribution in [-0.2, 0) is 19.4 Å². The van der Waals surface area contributed by atoms with E-state index >= 15 is 0 Å². The van der Waals surface area contributed by atoms with Gasteiger partial charge in [0.2, 0.25) is 11.8 Å². The van der Waals surface area contributed by atoms with Crippen molar-refractivity contribution in [1.29, 1.82) is 0 Å². The molecule has 0 saturated carbocycles. The van der Waals surface area contributed by atoms with E-state index in [1.54, 1.807) is 12.1 Å². The van der Waals surface area contributed by atoms with Gasteiger partial charge in [-0.25, -0.2) is 8.42 Å². The number of sulfone groups is 1. The Morgan fingerprint density at radius 3 is 2.57 bits per heavy atom. The van der Waals surface area contributed by atoms with Gasteiger partial charge in [-0.3, -0.25) is 14.9 Å². The van der Waals surface area contributed by atoms with Gasteiger partial charge in [0.1, 0.15) is 0 Å². The maximum absolute atomic E-state index is 12.4. The lowest BCUT2D eigenvalue weighted by Crippen LogP contribution is -2.51. The topological polar surface area (TPSA) is 80.3 Å². The number of piperidine rings is 1. The molecule has 2 saturated heterocycles. The van der Waals surface area contributed by atoms with Gasteiger partial charge in [-0.1, -0.05) is 34.1 Å². The Morgan fingerprint density at radius 1 is 1.24 bits per heavy atom. The van der Waals surface area contributed by atoms with Crippen molar-refractivity contribution in [2.24, 2.45) is 5.41 Å². The van der Waals surface area contributed by atoms with Crippen LogP contribution in [0.3, 0.4) is 0 Å². The van der Waals surface area contributed by atoms with E-state index in [2.05, 4.69) is 21.2 Å². The molecule has 2 heterocycles.